The molecule has 2 heterocycles. The van der Waals surface area contributed by atoms with Crippen molar-refractivity contribution in [2.75, 3.05) is 13.2 Å². The SMILES string of the molecule is CC.CCCn1c(C2CC(F)(F)C2)nc2ccc(-c3cc(C)c(=O)n(C)c3)cc21.CCOCC. The van der Waals surface area contributed by atoms with Crippen molar-refractivity contribution in [2.24, 2.45) is 7.05 Å². The summed E-state index contributed by atoms with van der Waals surface area (Å²) >= 11 is 0. The quantitative estimate of drug-likeness (QED) is 0.398. The predicted octanol–water partition coefficient (Wildman–Crippen LogP) is 6.70. The van der Waals surface area contributed by atoms with Crippen LogP contribution in [0.2, 0.25) is 0 Å². The molecule has 1 aliphatic rings. The smallest absolute Gasteiger partial charge is 0.253 e. The van der Waals surface area contributed by atoms with Gasteiger partial charge in [-0.1, -0.05) is 26.8 Å². The third kappa shape index (κ3) is 6.32. The van der Waals surface area contributed by atoms with Gasteiger partial charge in [0, 0.05) is 57.3 Å². The second-order valence-electron chi connectivity index (χ2n) is 8.40. The molecule has 0 radical (unpaired) electrons. The number of hydrogen-bond acceptors (Lipinski definition) is 3. The highest BCUT2D eigenvalue weighted by molar-refractivity contribution is 5.82. The lowest BCUT2D eigenvalue weighted by atomic mass is 9.80. The van der Waals surface area contributed by atoms with Crippen molar-refractivity contribution in [1.82, 2.24) is 14.1 Å². The molecule has 188 valence electrons. The number of imidazole rings is 1. The molecule has 1 fully saturated rings. The van der Waals surface area contributed by atoms with Crippen molar-refractivity contribution < 1.29 is 13.5 Å². The Balaban J connectivity index is 0.000000520. The van der Waals surface area contributed by atoms with Crippen molar-refractivity contribution in [2.45, 2.75) is 79.2 Å². The van der Waals surface area contributed by atoms with Crippen LogP contribution in [0.25, 0.3) is 22.2 Å². The first-order valence-corrected chi connectivity index (χ1v) is 12.3. The van der Waals surface area contributed by atoms with Crippen LogP contribution in [0.5, 0.6) is 0 Å². The Labute approximate surface area is 201 Å². The molecule has 0 atom stereocenters. The zero-order valence-corrected chi connectivity index (χ0v) is 21.6. The normalized spacial score (nSPS) is 14.6. The lowest BCUT2D eigenvalue weighted by Crippen LogP contribution is -2.35. The predicted molar refractivity (Wildman–Crippen MR) is 136 cm³/mol. The number of aromatic nitrogens is 3. The molecule has 0 saturated heterocycles. The molecular weight excluding hydrogens is 436 g/mol. The van der Waals surface area contributed by atoms with Gasteiger partial charge in [-0.05, 0) is 56.5 Å². The average molecular weight is 476 g/mol. The number of aryl methyl sites for hydroxylation is 3. The Bertz CT molecular complexity index is 1100. The van der Waals surface area contributed by atoms with Gasteiger partial charge >= 0.3 is 0 Å². The van der Waals surface area contributed by atoms with E-state index < -0.39 is 5.92 Å². The van der Waals surface area contributed by atoms with Crippen LogP contribution in [0.15, 0.2) is 35.3 Å². The van der Waals surface area contributed by atoms with Crippen LogP contribution < -0.4 is 5.56 Å². The number of benzene rings is 1. The Morgan fingerprint density at radius 3 is 2.24 bits per heavy atom. The average Bonchev–Trinajstić information content (AvgIpc) is 3.15. The molecule has 5 nitrogen and oxygen atoms in total. The zero-order chi connectivity index (χ0) is 25.5. The number of halogens is 2. The number of pyridine rings is 1. The van der Waals surface area contributed by atoms with Crippen LogP contribution in [0.3, 0.4) is 0 Å². The Hall–Kier alpha value is -2.54. The van der Waals surface area contributed by atoms with Crippen molar-refractivity contribution in [3.63, 3.8) is 0 Å². The van der Waals surface area contributed by atoms with Gasteiger partial charge in [-0.3, -0.25) is 4.79 Å². The molecule has 0 aliphatic heterocycles. The van der Waals surface area contributed by atoms with Crippen LogP contribution >= 0.6 is 0 Å². The summed E-state index contributed by atoms with van der Waals surface area (Å²) in [4.78, 5) is 16.6. The summed E-state index contributed by atoms with van der Waals surface area (Å²) in [5.41, 5.74) is 4.42. The van der Waals surface area contributed by atoms with E-state index in [1.165, 1.54) is 0 Å². The van der Waals surface area contributed by atoms with Crippen LogP contribution in [0, 0.1) is 6.92 Å². The second kappa shape index (κ2) is 12.2. The number of rotatable bonds is 6. The summed E-state index contributed by atoms with van der Waals surface area (Å²) in [6, 6.07) is 7.86. The molecule has 2 aromatic heterocycles. The number of hydrogen-bond donors (Lipinski definition) is 0. The van der Waals surface area contributed by atoms with Gasteiger partial charge in [0.15, 0.2) is 0 Å². The molecule has 0 amide bonds. The Morgan fingerprint density at radius 1 is 1.09 bits per heavy atom. The molecule has 0 N–H and O–H groups in total. The summed E-state index contributed by atoms with van der Waals surface area (Å²) in [5, 5.41) is 0. The Morgan fingerprint density at radius 2 is 1.74 bits per heavy atom. The molecule has 3 aromatic rings. The van der Waals surface area contributed by atoms with Gasteiger partial charge in [0.05, 0.1) is 11.0 Å². The first-order valence-electron chi connectivity index (χ1n) is 12.3. The lowest BCUT2D eigenvalue weighted by molar-refractivity contribution is -0.0890. The van der Waals surface area contributed by atoms with E-state index in [-0.39, 0.29) is 24.3 Å². The highest BCUT2D eigenvalue weighted by Gasteiger charge is 2.47. The van der Waals surface area contributed by atoms with E-state index in [0.717, 1.165) is 54.2 Å². The van der Waals surface area contributed by atoms with E-state index in [9.17, 15) is 13.6 Å². The summed E-state index contributed by atoms with van der Waals surface area (Å²) in [6.45, 7) is 14.3. The van der Waals surface area contributed by atoms with Gasteiger partial charge in [0.25, 0.3) is 5.56 Å². The molecule has 1 saturated carbocycles. The lowest BCUT2D eigenvalue weighted by Gasteiger charge is -2.34. The maximum atomic E-state index is 13.4. The fourth-order valence-corrected chi connectivity index (χ4v) is 4.17. The molecule has 34 heavy (non-hydrogen) atoms. The van der Waals surface area contributed by atoms with E-state index in [1.54, 1.807) is 18.5 Å². The number of fused-ring (bicyclic) bond motifs is 1. The van der Waals surface area contributed by atoms with Crippen molar-refractivity contribution in [3.05, 3.63) is 52.2 Å². The van der Waals surface area contributed by atoms with Crippen LogP contribution in [-0.2, 0) is 18.3 Å². The minimum Gasteiger partial charge on any atom is -0.382 e. The van der Waals surface area contributed by atoms with Gasteiger partial charge in [0.2, 0.25) is 5.92 Å². The topological polar surface area (TPSA) is 49.0 Å². The van der Waals surface area contributed by atoms with Gasteiger partial charge < -0.3 is 13.9 Å². The highest BCUT2D eigenvalue weighted by atomic mass is 19.3. The molecular formula is C27H39F2N3O2. The summed E-state index contributed by atoms with van der Waals surface area (Å²) in [7, 11) is 1.74. The Kier molecular flexibility index (Phi) is 9.98. The van der Waals surface area contributed by atoms with Gasteiger partial charge in [-0.25, -0.2) is 13.8 Å². The van der Waals surface area contributed by atoms with Gasteiger partial charge in [-0.2, -0.15) is 0 Å². The van der Waals surface area contributed by atoms with Crippen LogP contribution in [0.1, 0.15) is 71.2 Å². The van der Waals surface area contributed by atoms with E-state index in [1.807, 2.05) is 52.1 Å². The summed E-state index contributed by atoms with van der Waals surface area (Å²) in [5.74, 6) is -1.97. The molecule has 1 aliphatic carbocycles. The third-order valence-electron chi connectivity index (χ3n) is 5.78. The standard InChI is InChI=1S/C21H23F2N3O.C4H10O.C2H6/c1-4-7-26-18-9-14(15-8-13(2)20(27)25(3)12-15)5-6-17(18)24-19(26)16-10-21(22,23)11-16;1-3-5-4-2;1-2/h5-6,8-9,12,16H,4,7,10-11H2,1-3H3;3-4H2,1-2H3;1-2H3. The zero-order valence-electron chi connectivity index (χ0n) is 21.6. The van der Waals surface area contributed by atoms with Crippen LogP contribution in [0.4, 0.5) is 8.78 Å². The minimum atomic E-state index is -2.56. The van der Waals surface area contributed by atoms with E-state index in [0.29, 0.717) is 5.56 Å². The fraction of sp³-hybridized carbons (Fsp3) is 0.556. The molecule has 0 bridgehead atoms. The fourth-order valence-electron chi connectivity index (χ4n) is 4.17. The van der Waals surface area contributed by atoms with E-state index in [2.05, 4.69) is 22.5 Å². The van der Waals surface area contributed by atoms with Gasteiger partial charge in [-0.15, -0.1) is 0 Å². The number of ether oxygens (including phenoxy) is 1. The maximum absolute atomic E-state index is 13.4. The number of nitrogens with zero attached hydrogens (tertiary/aromatic N) is 3. The summed E-state index contributed by atoms with van der Waals surface area (Å²) < 4.78 is 35.3. The first-order chi connectivity index (χ1) is 16.2. The molecule has 0 unspecified atom stereocenters. The monoisotopic (exact) mass is 475 g/mol. The molecule has 4 rings (SSSR count). The van der Waals surface area contributed by atoms with Crippen molar-refractivity contribution in [3.8, 4) is 11.1 Å². The third-order valence-corrected chi connectivity index (χ3v) is 5.78. The van der Waals surface area contributed by atoms with E-state index >= 15 is 0 Å². The molecule has 7 heteroatoms. The maximum Gasteiger partial charge on any atom is 0.253 e. The summed E-state index contributed by atoms with van der Waals surface area (Å²) in [6.07, 6.45) is 2.49. The van der Waals surface area contributed by atoms with Crippen molar-refractivity contribution >= 4 is 11.0 Å². The van der Waals surface area contributed by atoms with Crippen LogP contribution in [-0.4, -0.2) is 33.3 Å². The van der Waals surface area contributed by atoms with E-state index in [4.69, 9.17) is 4.74 Å². The van der Waals surface area contributed by atoms with Gasteiger partial charge in [0.1, 0.15) is 5.82 Å². The first kappa shape index (κ1) is 27.7. The largest absolute Gasteiger partial charge is 0.382 e. The van der Waals surface area contributed by atoms with Crippen molar-refractivity contribution in [1.29, 1.82) is 0 Å². The molecule has 1 aromatic carbocycles. The molecule has 0 spiro atoms. The highest BCUT2D eigenvalue weighted by Crippen LogP contribution is 2.48. The minimum absolute atomic E-state index is 0.0101. The number of alkyl halides is 2. The second-order valence-corrected chi connectivity index (χ2v) is 8.40.